The molecule has 1 saturated carbocycles. The molecule has 0 bridgehead atoms. The lowest BCUT2D eigenvalue weighted by atomic mass is 9.99. The summed E-state index contributed by atoms with van der Waals surface area (Å²) in [5.74, 6) is -0.853. The summed E-state index contributed by atoms with van der Waals surface area (Å²) < 4.78 is 0. The predicted octanol–water partition coefficient (Wildman–Crippen LogP) is 0.287. The van der Waals surface area contributed by atoms with Gasteiger partial charge in [-0.25, -0.2) is 4.79 Å². The van der Waals surface area contributed by atoms with Crippen molar-refractivity contribution in [3.8, 4) is 0 Å². The molecule has 1 unspecified atom stereocenters. The lowest BCUT2D eigenvalue weighted by Gasteiger charge is -2.16. The maximum Gasteiger partial charge on any atom is 0.326 e. The molecule has 0 aromatic rings. The number of carbonyl (C=O) groups excluding carboxylic acids is 1. The standard InChI is InChI=1S/C8H12NO3/c10-5-9-7(8(11)12)6-3-1-2-4-6/h6-7H,1-4H2,(H,9,10)(H,11,12). The van der Waals surface area contributed by atoms with Crippen molar-refractivity contribution in [3.05, 3.63) is 0 Å². The highest BCUT2D eigenvalue weighted by atomic mass is 16.4. The van der Waals surface area contributed by atoms with E-state index in [0.717, 1.165) is 25.7 Å². The van der Waals surface area contributed by atoms with Crippen LogP contribution in [0, 0.1) is 5.92 Å². The second-order valence-corrected chi connectivity index (χ2v) is 3.11. The van der Waals surface area contributed by atoms with Gasteiger partial charge >= 0.3 is 12.4 Å². The molecule has 1 atom stereocenters. The van der Waals surface area contributed by atoms with Crippen molar-refractivity contribution in [1.29, 1.82) is 0 Å². The Balaban J connectivity index is 2.51. The lowest BCUT2D eigenvalue weighted by molar-refractivity contribution is -0.140. The van der Waals surface area contributed by atoms with Crippen molar-refractivity contribution in [3.63, 3.8) is 0 Å². The van der Waals surface area contributed by atoms with Crippen LogP contribution in [0.2, 0.25) is 0 Å². The molecule has 1 aliphatic carbocycles. The molecule has 1 radical (unpaired) electrons. The van der Waals surface area contributed by atoms with Crippen LogP contribution < -0.4 is 5.32 Å². The van der Waals surface area contributed by atoms with Gasteiger partial charge in [0.05, 0.1) is 0 Å². The molecule has 0 aliphatic heterocycles. The number of nitrogens with one attached hydrogen (secondary N) is 1. The van der Waals surface area contributed by atoms with Crippen LogP contribution in [0.1, 0.15) is 25.7 Å². The van der Waals surface area contributed by atoms with Crippen LogP contribution in [-0.2, 0) is 9.59 Å². The molecule has 67 valence electrons. The number of hydrogen-bond donors (Lipinski definition) is 2. The Kier molecular flexibility index (Phi) is 3.08. The van der Waals surface area contributed by atoms with E-state index in [2.05, 4.69) is 5.32 Å². The summed E-state index contributed by atoms with van der Waals surface area (Å²) in [6.07, 6.45) is 5.36. The Hall–Kier alpha value is -1.06. The molecule has 1 rings (SSSR count). The third-order valence-electron chi connectivity index (χ3n) is 2.35. The fraction of sp³-hybridized carbons (Fsp3) is 0.750. The molecule has 0 heterocycles. The van der Waals surface area contributed by atoms with Gasteiger partial charge in [-0.1, -0.05) is 12.8 Å². The highest BCUT2D eigenvalue weighted by Crippen LogP contribution is 2.27. The number of amides is 1. The summed E-state index contributed by atoms with van der Waals surface area (Å²) in [4.78, 5) is 20.6. The molecular formula is C8H12NO3. The van der Waals surface area contributed by atoms with E-state index in [-0.39, 0.29) is 5.92 Å². The van der Waals surface area contributed by atoms with Gasteiger partial charge in [0.2, 0.25) is 0 Å². The van der Waals surface area contributed by atoms with E-state index in [1.54, 1.807) is 0 Å². The fourth-order valence-corrected chi connectivity index (χ4v) is 1.74. The zero-order chi connectivity index (χ0) is 8.97. The van der Waals surface area contributed by atoms with Crippen molar-refractivity contribution in [1.82, 2.24) is 5.32 Å². The van der Waals surface area contributed by atoms with Crippen LogP contribution in [0.15, 0.2) is 0 Å². The Labute approximate surface area is 71.0 Å². The molecular weight excluding hydrogens is 158 g/mol. The smallest absolute Gasteiger partial charge is 0.326 e. The molecule has 0 saturated heterocycles. The highest BCUT2D eigenvalue weighted by molar-refractivity contribution is 5.76. The van der Waals surface area contributed by atoms with Crippen LogP contribution in [-0.4, -0.2) is 23.5 Å². The van der Waals surface area contributed by atoms with Crippen LogP contribution in [0.4, 0.5) is 0 Å². The van der Waals surface area contributed by atoms with Gasteiger partial charge in [-0.2, -0.15) is 0 Å². The molecule has 4 nitrogen and oxygen atoms in total. The minimum Gasteiger partial charge on any atom is -0.480 e. The van der Waals surface area contributed by atoms with E-state index >= 15 is 0 Å². The van der Waals surface area contributed by atoms with Crippen LogP contribution in [0.25, 0.3) is 0 Å². The highest BCUT2D eigenvalue weighted by Gasteiger charge is 2.29. The summed E-state index contributed by atoms with van der Waals surface area (Å²) in [6.45, 7) is 0. The average molecular weight is 170 g/mol. The van der Waals surface area contributed by atoms with Crippen molar-refractivity contribution in [2.45, 2.75) is 31.7 Å². The first-order valence-corrected chi connectivity index (χ1v) is 4.11. The molecule has 1 amide bonds. The van der Waals surface area contributed by atoms with Gasteiger partial charge in [0, 0.05) is 0 Å². The summed E-state index contributed by atoms with van der Waals surface area (Å²) in [5.41, 5.74) is 0. The van der Waals surface area contributed by atoms with E-state index in [1.165, 1.54) is 6.41 Å². The number of aliphatic carboxylic acids is 1. The zero-order valence-electron chi connectivity index (χ0n) is 6.75. The second kappa shape index (κ2) is 4.09. The van der Waals surface area contributed by atoms with Crippen LogP contribution in [0.3, 0.4) is 0 Å². The second-order valence-electron chi connectivity index (χ2n) is 3.11. The van der Waals surface area contributed by atoms with Gasteiger partial charge in [-0.3, -0.25) is 4.79 Å². The summed E-state index contributed by atoms with van der Waals surface area (Å²) in [6, 6.07) is -0.731. The summed E-state index contributed by atoms with van der Waals surface area (Å²) in [5, 5.41) is 10.9. The number of hydrogen-bond acceptors (Lipinski definition) is 2. The maximum atomic E-state index is 10.6. The van der Waals surface area contributed by atoms with Crippen LogP contribution >= 0.6 is 0 Å². The average Bonchev–Trinajstić information content (AvgIpc) is 2.51. The quantitative estimate of drug-likeness (QED) is 0.596. The van der Waals surface area contributed by atoms with Gasteiger partial charge in [0.1, 0.15) is 6.04 Å². The maximum absolute atomic E-state index is 10.6. The van der Waals surface area contributed by atoms with Crippen molar-refractivity contribution >= 4 is 12.4 Å². The van der Waals surface area contributed by atoms with Crippen LogP contribution in [0.5, 0.6) is 0 Å². The normalized spacial score (nSPS) is 20.3. The topological polar surface area (TPSA) is 66.4 Å². The SMILES string of the molecule is O=[C]NC(C(=O)O)C1CCCC1. The minimum atomic E-state index is -0.953. The Morgan fingerprint density at radius 2 is 2.08 bits per heavy atom. The van der Waals surface area contributed by atoms with Crippen molar-refractivity contribution in [2.24, 2.45) is 5.92 Å². The lowest BCUT2D eigenvalue weighted by Crippen LogP contribution is -2.41. The molecule has 1 aliphatic rings. The molecule has 12 heavy (non-hydrogen) atoms. The van der Waals surface area contributed by atoms with Crippen molar-refractivity contribution in [2.75, 3.05) is 0 Å². The van der Waals surface area contributed by atoms with Gasteiger partial charge in [0.15, 0.2) is 0 Å². The summed E-state index contributed by atoms with van der Waals surface area (Å²) >= 11 is 0. The molecule has 0 aromatic carbocycles. The molecule has 2 N–H and O–H groups in total. The Morgan fingerprint density at radius 1 is 1.50 bits per heavy atom. The third kappa shape index (κ3) is 1.96. The predicted molar refractivity (Wildman–Crippen MR) is 42.2 cm³/mol. The fourth-order valence-electron chi connectivity index (χ4n) is 1.74. The minimum absolute atomic E-state index is 0.101. The Morgan fingerprint density at radius 3 is 2.50 bits per heavy atom. The molecule has 4 heteroatoms. The number of rotatable bonds is 4. The van der Waals surface area contributed by atoms with Gasteiger partial charge in [-0.05, 0) is 18.8 Å². The first kappa shape index (κ1) is 9.03. The van der Waals surface area contributed by atoms with E-state index in [1.807, 2.05) is 0 Å². The first-order chi connectivity index (χ1) is 5.75. The van der Waals surface area contributed by atoms with Gasteiger partial charge in [-0.15, -0.1) is 0 Å². The first-order valence-electron chi connectivity index (χ1n) is 4.11. The molecule has 0 aromatic heterocycles. The van der Waals surface area contributed by atoms with E-state index < -0.39 is 12.0 Å². The molecule has 1 fully saturated rings. The largest absolute Gasteiger partial charge is 0.480 e. The Bertz CT molecular complexity index is 175. The van der Waals surface area contributed by atoms with Gasteiger partial charge in [0.25, 0.3) is 0 Å². The third-order valence-corrected chi connectivity index (χ3v) is 2.35. The molecule has 0 spiro atoms. The van der Waals surface area contributed by atoms with E-state index in [4.69, 9.17) is 5.11 Å². The number of carboxylic acids is 1. The number of carbonyl (C=O) groups is 1. The monoisotopic (exact) mass is 170 g/mol. The van der Waals surface area contributed by atoms with Gasteiger partial charge < -0.3 is 10.4 Å². The summed E-state index contributed by atoms with van der Waals surface area (Å²) in [7, 11) is 0. The number of carboxylic acid groups (broad SMARTS) is 1. The van der Waals surface area contributed by atoms with E-state index in [9.17, 15) is 9.59 Å². The zero-order valence-corrected chi connectivity index (χ0v) is 6.75. The van der Waals surface area contributed by atoms with Crippen molar-refractivity contribution < 1.29 is 14.7 Å². The van der Waals surface area contributed by atoms with E-state index in [0.29, 0.717) is 0 Å².